The smallest absolute Gasteiger partial charge is 0.348 e. The summed E-state index contributed by atoms with van der Waals surface area (Å²) < 4.78 is 5.96. The number of H-pyrrole nitrogens is 1. The Morgan fingerprint density at radius 1 is 1.27 bits per heavy atom. The number of carboxylic acid groups (broad SMARTS) is 1. The zero-order chi connectivity index (χ0) is 18.1. The number of aryl methyl sites for hydroxylation is 1. The molecule has 0 spiro atoms. The van der Waals surface area contributed by atoms with Crippen molar-refractivity contribution in [2.24, 2.45) is 0 Å². The molecule has 3 aromatic heterocycles. The molecule has 1 saturated heterocycles. The second kappa shape index (κ2) is 6.29. The molecule has 0 aliphatic carbocycles. The third-order valence-electron chi connectivity index (χ3n) is 4.86. The molecule has 1 aliphatic rings. The summed E-state index contributed by atoms with van der Waals surface area (Å²) in [5.74, 6) is 0.376. The van der Waals surface area contributed by atoms with Crippen molar-refractivity contribution in [2.75, 3.05) is 18.0 Å². The maximum atomic E-state index is 12.0. The van der Waals surface area contributed by atoms with Crippen molar-refractivity contribution in [3.8, 4) is 5.75 Å². The molecule has 4 rings (SSSR count). The molecule has 0 saturated carbocycles. The van der Waals surface area contributed by atoms with E-state index < -0.39 is 11.6 Å². The number of aromatic nitrogens is 4. The first kappa shape index (κ1) is 16.3. The van der Waals surface area contributed by atoms with Gasteiger partial charge in [-0.3, -0.25) is 4.98 Å². The van der Waals surface area contributed by atoms with Gasteiger partial charge in [-0.25, -0.2) is 14.8 Å². The number of anilines is 1. The van der Waals surface area contributed by atoms with Crippen molar-refractivity contribution in [3.05, 3.63) is 42.6 Å². The first-order chi connectivity index (χ1) is 12.6. The van der Waals surface area contributed by atoms with Gasteiger partial charge in [0.1, 0.15) is 23.5 Å². The lowest BCUT2D eigenvalue weighted by Crippen LogP contribution is -2.53. The zero-order valence-corrected chi connectivity index (χ0v) is 14.3. The van der Waals surface area contributed by atoms with Crippen molar-refractivity contribution in [2.45, 2.75) is 25.4 Å². The zero-order valence-electron chi connectivity index (χ0n) is 14.3. The number of nitrogens with zero attached hydrogens (tertiary/aromatic N) is 4. The Labute approximate surface area is 149 Å². The number of pyridine rings is 1. The second-order valence-corrected chi connectivity index (χ2v) is 6.41. The maximum Gasteiger partial charge on any atom is 0.348 e. The second-order valence-electron chi connectivity index (χ2n) is 6.41. The van der Waals surface area contributed by atoms with Crippen molar-refractivity contribution >= 4 is 22.8 Å². The fourth-order valence-corrected chi connectivity index (χ4v) is 3.34. The van der Waals surface area contributed by atoms with E-state index in [4.69, 9.17) is 4.74 Å². The molecule has 0 unspecified atom stereocenters. The summed E-state index contributed by atoms with van der Waals surface area (Å²) >= 11 is 0. The highest BCUT2D eigenvalue weighted by atomic mass is 16.5. The van der Waals surface area contributed by atoms with Gasteiger partial charge >= 0.3 is 5.97 Å². The fourth-order valence-electron chi connectivity index (χ4n) is 3.34. The summed E-state index contributed by atoms with van der Waals surface area (Å²) in [4.78, 5) is 29.9. The molecular formula is C18H19N5O3. The molecule has 0 bridgehead atoms. The molecule has 134 valence electrons. The van der Waals surface area contributed by atoms with Crippen LogP contribution in [0.25, 0.3) is 11.0 Å². The molecule has 4 heterocycles. The average molecular weight is 353 g/mol. The van der Waals surface area contributed by atoms with Gasteiger partial charge in [0.05, 0.1) is 11.1 Å². The summed E-state index contributed by atoms with van der Waals surface area (Å²) in [5.41, 5.74) is 0.196. The summed E-state index contributed by atoms with van der Waals surface area (Å²) in [7, 11) is 0. The minimum Gasteiger partial charge on any atom is -0.478 e. The standard InChI is InChI=1S/C18H19N5O3/c1-12-14(3-2-7-19-12)26-18(17(24)25)5-9-23(10-6-18)16-13-4-8-20-15(13)21-11-22-16/h2-4,7-8,11H,5-6,9-10H2,1H3,(H,24,25)(H,20,21,22). The average Bonchev–Trinajstić information content (AvgIpc) is 3.13. The summed E-state index contributed by atoms with van der Waals surface area (Å²) in [5, 5.41) is 10.8. The Morgan fingerprint density at radius 2 is 2.08 bits per heavy atom. The van der Waals surface area contributed by atoms with Crippen LogP contribution in [0.2, 0.25) is 0 Å². The lowest BCUT2D eigenvalue weighted by Gasteiger charge is -2.39. The van der Waals surface area contributed by atoms with Crippen LogP contribution >= 0.6 is 0 Å². The molecule has 1 fully saturated rings. The van der Waals surface area contributed by atoms with E-state index in [2.05, 4.69) is 24.8 Å². The number of carboxylic acids is 1. The number of fused-ring (bicyclic) bond motifs is 1. The van der Waals surface area contributed by atoms with Gasteiger partial charge in [0.25, 0.3) is 0 Å². The molecule has 1 aliphatic heterocycles. The molecule has 0 aromatic carbocycles. The highest BCUT2D eigenvalue weighted by molar-refractivity contribution is 5.87. The molecule has 0 radical (unpaired) electrons. The Bertz CT molecular complexity index is 947. The predicted molar refractivity (Wildman–Crippen MR) is 95.3 cm³/mol. The molecule has 0 amide bonds. The minimum atomic E-state index is -1.26. The topological polar surface area (TPSA) is 104 Å². The van der Waals surface area contributed by atoms with Gasteiger partial charge < -0.3 is 19.7 Å². The van der Waals surface area contributed by atoms with Crippen LogP contribution in [-0.4, -0.2) is 49.7 Å². The van der Waals surface area contributed by atoms with Crippen LogP contribution in [0, 0.1) is 6.92 Å². The first-order valence-corrected chi connectivity index (χ1v) is 8.46. The van der Waals surface area contributed by atoms with E-state index in [0.717, 1.165) is 16.9 Å². The van der Waals surface area contributed by atoms with E-state index in [0.29, 0.717) is 37.4 Å². The number of hydrogen-bond acceptors (Lipinski definition) is 6. The van der Waals surface area contributed by atoms with Crippen molar-refractivity contribution < 1.29 is 14.6 Å². The summed E-state index contributed by atoms with van der Waals surface area (Å²) in [6, 6.07) is 5.43. The third kappa shape index (κ3) is 2.73. The van der Waals surface area contributed by atoms with Crippen LogP contribution in [0.1, 0.15) is 18.5 Å². The first-order valence-electron chi connectivity index (χ1n) is 8.46. The lowest BCUT2D eigenvalue weighted by molar-refractivity contribution is -0.157. The van der Waals surface area contributed by atoms with Crippen LogP contribution in [0.3, 0.4) is 0 Å². The summed E-state index contributed by atoms with van der Waals surface area (Å²) in [6.45, 7) is 2.87. The fraction of sp³-hybridized carbons (Fsp3) is 0.333. The monoisotopic (exact) mass is 353 g/mol. The predicted octanol–water partition coefficient (Wildman–Crippen LogP) is 2.16. The SMILES string of the molecule is Cc1ncccc1OC1(C(=O)O)CCN(c2ncnc3[nH]ccc23)CC1. The van der Waals surface area contributed by atoms with Crippen LogP contribution in [-0.2, 0) is 4.79 Å². The van der Waals surface area contributed by atoms with Gasteiger partial charge in [-0.15, -0.1) is 0 Å². The van der Waals surface area contributed by atoms with E-state index in [1.54, 1.807) is 18.3 Å². The molecular weight excluding hydrogens is 334 g/mol. The molecule has 8 heteroatoms. The highest BCUT2D eigenvalue weighted by Gasteiger charge is 2.44. The molecule has 2 N–H and O–H groups in total. The number of rotatable bonds is 4. The number of piperidine rings is 1. The molecule has 0 atom stereocenters. The van der Waals surface area contributed by atoms with Crippen molar-refractivity contribution in [3.63, 3.8) is 0 Å². The number of carbonyl (C=O) groups is 1. The van der Waals surface area contributed by atoms with Crippen LogP contribution < -0.4 is 9.64 Å². The van der Waals surface area contributed by atoms with Gasteiger partial charge in [-0.05, 0) is 25.1 Å². The molecule has 26 heavy (non-hydrogen) atoms. The Morgan fingerprint density at radius 3 is 2.81 bits per heavy atom. The minimum absolute atomic E-state index is 0.354. The van der Waals surface area contributed by atoms with Gasteiger partial charge in [0.2, 0.25) is 5.60 Å². The number of ether oxygens (including phenoxy) is 1. The van der Waals surface area contributed by atoms with Crippen LogP contribution in [0.15, 0.2) is 36.9 Å². The largest absolute Gasteiger partial charge is 0.478 e. The van der Waals surface area contributed by atoms with E-state index >= 15 is 0 Å². The Hall–Kier alpha value is -3.16. The van der Waals surface area contributed by atoms with Crippen molar-refractivity contribution in [1.82, 2.24) is 19.9 Å². The highest BCUT2D eigenvalue weighted by Crippen LogP contribution is 2.33. The third-order valence-corrected chi connectivity index (χ3v) is 4.86. The van der Waals surface area contributed by atoms with E-state index in [1.807, 2.05) is 19.2 Å². The maximum absolute atomic E-state index is 12.0. The Kier molecular flexibility index (Phi) is 3.95. The van der Waals surface area contributed by atoms with Gasteiger partial charge in [-0.2, -0.15) is 0 Å². The van der Waals surface area contributed by atoms with Gasteiger partial charge in [-0.1, -0.05) is 0 Å². The summed E-state index contributed by atoms with van der Waals surface area (Å²) in [6.07, 6.45) is 5.71. The normalized spacial score (nSPS) is 16.6. The Balaban J connectivity index is 1.57. The number of aromatic amines is 1. The number of hydrogen-bond donors (Lipinski definition) is 2. The van der Waals surface area contributed by atoms with Crippen molar-refractivity contribution in [1.29, 1.82) is 0 Å². The quantitative estimate of drug-likeness (QED) is 0.740. The van der Waals surface area contributed by atoms with Gasteiger partial charge in [0, 0.05) is 38.3 Å². The number of nitrogens with one attached hydrogen (secondary N) is 1. The molecule has 3 aromatic rings. The van der Waals surface area contributed by atoms with E-state index in [9.17, 15) is 9.90 Å². The van der Waals surface area contributed by atoms with Gasteiger partial charge in [0.15, 0.2) is 0 Å². The molecule has 8 nitrogen and oxygen atoms in total. The van der Waals surface area contributed by atoms with Crippen LogP contribution in [0.4, 0.5) is 5.82 Å². The van der Waals surface area contributed by atoms with E-state index in [1.165, 1.54) is 6.33 Å². The number of aliphatic carboxylic acids is 1. The van der Waals surface area contributed by atoms with E-state index in [-0.39, 0.29) is 0 Å². The van der Waals surface area contributed by atoms with Crippen LogP contribution in [0.5, 0.6) is 5.75 Å². The lowest BCUT2D eigenvalue weighted by atomic mass is 9.91.